The maximum absolute atomic E-state index is 6.03. The van der Waals surface area contributed by atoms with Crippen LogP contribution in [0.15, 0.2) is 48.5 Å². The Kier molecular flexibility index (Phi) is 5.00. The first-order valence-electron chi connectivity index (χ1n) is 6.68. The molecule has 2 N–H and O–H groups in total. The zero-order chi connectivity index (χ0) is 13.7. The first kappa shape index (κ1) is 14.1. The third-order valence-corrected chi connectivity index (χ3v) is 3.75. The fourth-order valence-electron chi connectivity index (χ4n) is 2.39. The summed E-state index contributed by atoms with van der Waals surface area (Å²) in [5, 5.41) is 0.796. The van der Waals surface area contributed by atoms with E-state index >= 15 is 0 Å². The van der Waals surface area contributed by atoms with E-state index in [4.69, 9.17) is 17.3 Å². The van der Waals surface area contributed by atoms with Crippen LogP contribution in [0.4, 0.5) is 0 Å². The van der Waals surface area contributed by atoms with Crippen LogP contribution in [0.25, 0.3) is 0 Å². The lowest BCUT2D eigenvalue weighted by Crippen LogP contribution is -2.19. The molecular weight excluding hydrogens is 254 g/mol. The summed E-state index contributed by atoms with van der Waals surface area (Å²) in [7, 11) is 0. The van der Waals surface area contributed by atoms with Crippen LogP contribution in [0.2, 0.25) is 5.02 Å². The average Bonchev–Trinajstić information content (AvgIpc) is 2.40. The molecule has 0 saturated carbocycles. The molecule has 0 heterocycles. The van der Waals surface area contributed by atoms with Gasteiger partial charge in [0, 0.05) is 5.02 Å². The van der Waals surface area contributed by atoms with E-state index in [2.05, 4.69) is 37.3 Å². The monoisotopic (exact) mass is 273 g/mol. The predicted octanol–water partition coefficient (Wildman–Crippen LogP) is 4.01. The smallest absolute Gasteiger partial charge is 0.0408 e. The van der Waals surface area contributed by atoms with Gasteiger partial charge in [-0.2, -0.15) is 0 Å². The van der Waals surface area contributed by atoms with Crippen molar-refractivity contribution in [2.24, 2.45) is 11.7 Å². The summed E-state index contributed by atoms with van der Waals surface area (Å²) < 4.78 is 0. The van der Waals surface area contributed by atoms with Crippen LogP contribution in [0.1, 0.15) is 16.7 Å². The highest BCUT2D eigenvalue weighted by molar-refractivity contribution is 6.30. The largest absolute Gasteiger partial charge is 0.330 e. The van der Waals surface area contributed by atoms with Crippen molar-refractivity contribution in [2.75, 3.05) is 6.54 Å². The number of nitrogens with two attached hydrogens (primary N) is 1. The first-order valence-corrected chi connectivity index (χ1v) is 7.06. The molecule has 1 unspecified atom stereocenters. The van der Waals surface area contributed by atoms with Crippen molar-refractivity contribution in [1.29, 1.82) is 0 Å². The van der Waals surface area contributed by atoms with Crippen molar-refractivity contribution in [1.82, 2.24) is 0 Å². The number of hydrogen-bond donors (Lipinski definition) is 1. The van der Waals surface area contributed by atoms with Gasteiger partial charge in [-0.25, -0.2) is 0 Å². The van der Waals surface area contributed by atoms with Crippen LogP contribution in [0.3, 0.4) is 0 Å². The van der Waals surface area contributed by atoms with E-state index in [1.807, 2.05) is 18.2 Å². The molecule has 100 valence electrons. The third kappa shape index (κ3) is 4.09. The molecule has 19 heavy (non-hydrogen) atoms. The molecule has 2 aromatic rings. The molecule has 0 fully saturated rings. The van der Waals surface area contributed by atoms with Crippen LogP contribution in [0, 0.1) is 12.8 Å². The standard InChI is InChI=1S/C17H20ClN/c1-13-5-2-3-7-16(13)10-15(12-19)9-14-6-4-8-17(18)11-14/h2-8,11,15H,9-10,12,19H2,1H3. The molecule has 0 aliphatic heterocycles. The highest BCUT2D eigenvalue weighted by Gasteiger charge is 2.10. The van der Waals surface area contributed by atoms with Gasteiger partial charge in [-0.3, -0.25) is 0 Å². The van der Waals surface area contributed by atoms with Crippen LogP contribution in [-0.2, 0) is 12.8 Å². The molecule has 0 saturated heterocycles. The van der Waals surface area contributed by atoms with Crippen molar-refractivity contribution >= 4 is 11.6 Å². The van der Waals surface area contributed by atoms with Crippen LogP contribution >= 0.6 is 11.6 Å². The van der Waals surface area contributed by atoms with E-state index in [9.17, 15) is 0 Å². The van der Waals surface area contributed by atoms with Gasteiger partial charge in [-0.05, 0) is 61.1 Å². The Labute approximate surface area is 120 Å². The minimum Gasteiger partial charge on any atom is -0.330 e. The Balaban J connectivity index is 2.07. The summed E-state index contributed by atoms with van der Waals surface area (Å²) in [6.45, 7) is 2.85. The number of benzene rings is 2. The molecule has 0 bridgehead atoms. The topological polar surface area (TPSA) is 26.0 Å². The molecular formula is C17H20ClN. The Bertz CT molecular complexity index is 536. The summed E-state index contributed by atoms with van der Waals surface area (Å²) in [5.41, 5.74) is 9.91. The highest BCUT2D eigenvalue weighted by Crippen LogP contribution is 2.18. The summed E-state index contributed by atoms with van der Waals surface area (Å²) in [4.78, 5) is 0. The van der Waals surface area contributed by atoms with Crippen molar-refractivity contribution in [3.63, 3.8) is 0 Å². The molecule has 0 amide bonds. The normalized spacial score (nSPS) is 12.4. The lowest BCUT2D eigenvalue weighted by Gasteiger charge is -2.16. The van der Waals surface area contributed by atoms with Crippen molar-refractivity contribution in [3.8, 4) is 0 Å². The zero-order valence-electron chi connectivity index (χ0n) is 11.3. The number of hydrogen-bond acceptors (Lipinski definition) is 1. The maximum Gasteiger partial charge on any atom is 0.0408 e. The molecule has 0 aliphatic rings. The van der Waals surface area contributed by atoms with Gasteiger partial charge in [0.15, 0.2) is 0 Å². The lowest BCUT2D eigenvalue weighted by molar-refractivity contribution is 0.532. The summed E-state index contributed by atoms with van der Waals surface area (Å²) in [5.74, 6) is 0.458. The Hall–Kier alpha value is -1.31. The van der Waals surface area contributed by atoms with Crippen molar-refractivity contribution < 1.29 is 0 Å². The Morgan fingerprint density at radius 1 is 1.05 bits per heavy atom. The summed E-state index contributed by atoms with van der Waals surface area (Å²) in [6.07, 6.45) is 2.00. The minimum atomic E-state index is 0.458. The van der Waals surface area contributed by atoms with E-state index in [-0.39, 0.29) is 0 Å². The molecule has 1 atom stereocenters. The van der Waals surface area contributed by atoms with Crippen LogP contribution < -0.4 is 5.73 Å². The van der Waals surface area contributed by atoms with Crippen molar-refractivity contribution in [3.05, 3.63) is 70.2 Å². The number of halogens is 1. The fraction of sp³-hybridized carbons (Fsp3) is 0.294. The SMILES string of the molecule is Cc1ccccc1CC(CN)Cc1cccc(Cl)c1. The molecule has 0 aromatic heterocycles. The third-order valence-electron chi connectivity index (χ3n) is 3.52. The second-order valence-corrected chi connectivity index (χ2v) is 5.50. The van der Waals surface area contributed by atoms with Gasteiger partial charge in [0.25, 0.3) is 0 Å². The summed E-state index contributed by atoms with van der Waals surface area (Å²) >= 11 is 6.03. The first-order chi connectivity index (χ1) is 9.19. The van der Waals surface area contributed by atoms with Gasteiger partial charge >= 0.3 is 0 Å². The minimum absolute atomic E-state index is 0.458. The van der Waals surface area contributed by atoms with E-state index in [0.29, 0.717) is 12.5 Å². The Morgan fingerprint density at radius 2 is 1.84 bits per heavy atom. The second-order valence-electron chi connectivity index (χ2n) is 5.07. The van der Waals surface area contributed by atoms with E-state index in [0.717, 1.165) is 17.9 Å². The van der Waals surface area contributed by atoms with Gasteiger partial charge in [0.05, 0.1) is 0 Å². The van der Waals surface area contributed by atoms with Gasteiger partial charge in [-0.1, -0.05) is 48.0 Å². The van der Waals surface area contributed by atoms with Gasteiger partial charge < -0.3 is 5.73 Å². The lowest BCUT2D eigenvalue weighted by atomic mass is 9.91. The zero-order valence-corrected chi connectivity index (χ0v) is 12.0. The van der Waals surface area contributed by atoms with E-state index < -0.39 is 0 Å². The molecule has 2 aromatic carbocycles. The number of rotatable bonds is 5. The molecule has 2 rings (SSSR count). The number of aryl methyl sites for hydroxylation is 1. The summed E-state index contributed by atoms with van der Waals surface area (Å²) in [6, 6.07) is 16.6. The van der Waals surface area contributed by atoms with Crippen LogP contribution in [-0.4, -0.2) is 6.54 Å². The molecule has 0 radical (unpaired) electrons. The quantitative estimate of drug-likeness (QED) is 0.875. The fourth-order valence-corrected chi connectivity index (χ4v) is 2.60. The molecule has 1 nitrogen and oxygen atoms in total. The Morgan fingerprint density at radius 3 is 2.53 bits per heavy atom. The molecule has 0 spiro atoms. The second kappa shape index (κ2) is 6.74. The van der Waals surface area contributed by atoms with E-state index in [1.54, 1.807) is 0 Å². The molecule has 0 aliphatic carbocycles. The molecule has 2 heteroatoms. The van der Waals surface area contributed by atoms with Crippen LogP contribution in [0.5, 0.6) is 0 Å². The van der Waals surface area contributed by atoms with Gasteiger partial charge in [0.1, 0.15) is 0 Å². The highest BCUT2D eigenvalue weighted by atomic mass is 35.5. The predicted molar refractivity (Wildman–Crippen MR) is 82.6 cm³/mol. The van der Waals surface area contributed by atoms with Gasteiger partial charge in [-0.15, -0.1) is 0 Å². The maximum atomic E-state index is 6.03. The van der Waals surface area contributed by atoms with Gasteiger partial charge in [0.2, 0.25) is 0 Å². The van der Waals surface area contributed by atoms with E-state index in [1.165, 1.54) is 16.7 Å². The average molecular weight is 274 g/mol. The van der Waals surface area contributed by atoms with Crippen molar-refractivity contribution in [2.45, 2.75) is 19.8 Å².